The molecule has 0 radical (unpaired) electrons. The summed E-state index contributed by atoms with van der Waals surface area (Å²) in [4.78, 5) is 0. The van der Waals surface area contributed by atoms with Crippen LogP contribution in [0.3, 0.4) is 0 Å². The van der Waals surface area contributed by atoms with Crippen LogP contribution < -0.4 is 5.32 Å². The van der Waals surface area contributed by atoms with Gasteiger partial charge in [-0.15, -0.1) is 5.10 Å². The number of aromatic nitrogens is 3. The van der Waals surface area contributed by atoms with Crippen molar-refractivity contribution in [3.63, 3.8) is 0 Å². The van der Waals surface area contributed by atoms with E-state index in [0.29, 0.717) is 12.2 Å². The molecule has 21 heavy (non-hydrogen) atoms. The van der Waals surface area contributed by atoms with Crippen molar-refractivity contribution in [3.05, 3.63) is 41.7 Å². The molecule has 4 nitrogen and oxygen atoms in total. The first-order valence-corrected chi connectivity index (χ1v) is 6.49. The number of nitrogens with one attached hydrogen (secondary N) is 1. The maximum atomic E-state index is 12.4. The molecule has 0 fully saturated rings. The maximum absolute atomic E-state index is 12.4. The van der Waals surface area contributed by atoms with Crippen LogP contribution in [0.5, 0.6) is 0 Å². The highest BCUT2D eigenvalue weighted by molar-refractivity contribution is 5.45. The number of hydrogen-bond donors (Lipinski definition) is 1. The topological polar surface area (TPSA) is 42.7 Å². The van der Waals surface area contributed by atoms with Crippen LogP contribution in [0.1, 0.15) is 32.0 Å². The number of rotatable bonds is 3. The molecule has 1 aromatic heterocycles. The summed E-state index contributed by atoms with van der Waals surface area (Å²) in [5.74, 6) is 0. The minimum Gasteiger partial charge on any atom is -0.379 e. The highest BCUT2D eigenvalue weighted by atomic mass is 19.4. The second-order valence-electron chi connectivity index (χ2n) is 5.75. The van der Waals surface area contributed by atoms with E-state index in [1.807, 2.05) is 27.0 Å². The van der Waals surface area contributed by atoms with Gasteiger partial charge < -0.3 is 5.32 Å². The highest BCUT2D eigenvalue weighted by Crippen LogP contribution is 2.29. The lowest BCUT2D eigenvalue weighted by atomic mass is 10.1. The van der Waals surface area contributed by atoms with E-state index in [2.05, 4.69) is 15.6 Å². The quantitative estimate of drug-likeness (QED) is 0.940. The van der Waals surface area contributed by atoms with Gasteiger partial charge in [0.1, 0.15) is 5.69 Å². The molecule has 2 rings (SSSR count). The standard InChI is InChI=1S/C14H17F3N4/c1-13(2,3)21-9-12(19-20-21)8-18-11-6-4-10(5-7-11)14(15,16)17/h4-7,9,18H,8H2,1-3H3. The summed E-state index contributed by atoms with van der Waals surface area (Å²) in [6.07, 6.45) is -2.50. The molecular formula is C14H17F3N4. The predicted molar refractivity (Wildman–Crippen MR) is 73.8 cm³/mol. The summed E-state index contributed by atoms with van der Waals surface area (Å²) in [5, 5.41) is 11.1. The Hall–Kier alpha value is -2.05. The van der Waals surface area contributed by atoms with Crippen molar-refractivity contribution in [2.75, 3.05) is 5.32 Å². The van der Waals surface area contributed by atoms with Crippen LogP contribution in [0, 0.1) is 0 Å². The van der Waals surface area contributed by atoms with Crippen molar-refractivity contribution in [1.82, 2.24) is 15.0 Å². The zero-order chi connectivity index (χ0) is 15.7. The third kappa shape index (κ3) is 3.96. The lowest BCUT2D eigenvalue weighted by molar-refractivity contribution is -0.137. The molecule has 0 spiro atoms. The summed E-state index contributed by atoms with van der Waals surface area (Å²) in [6.45, 7) is 6.43. The van der Waals surface area contributed by atoms with Gasteiger partial charge in [-0.1, -0.05) is 5.21 Å². The average molecular weight is 298 g/mol. The van der Waals surface area contributed by atoms with Crippen molar-refractivity contribution < 1.29 is 13.2 Å². The third-order valence-electron chi connectivity index (χ3n) is 2.91. The van der Waals surface area contributed by atoms with Gasteiger partial charge in [0.05, 0.1) is 23.8 Å². The molecule has 0 aliphatic carbocycles. The molecule has 0 saturated carbocycles. The second-order valence-corrected chi connectivity index (χ2v) is 5.75. The first-order chi connectivity index (χ1) is 9.66. The highest BCUT2D eigenvalue weighted by Gasteiger charge is 2.29. The van der Waals surface area contributed by atoms with E-state index < -0.39 is 11.7 Å². The molecular weight excluding hydrogens is 281 g/mol. The summed E-state index contributed by atoms with van der Waals surface area (Å²) >= 11 is 0. The average Bonchev–Trinajstić information content (AvgIpc) is 2.84. The van der Waals surface area contributed by atoms with Crippen LogP contribution in [0.15, 0.2) is 30.5 Å². The third-order valence-corrected chi connectivity index (χ3v) is 2.91. The number of benzene rings is 1. The Morgan fingerprint density at radius 1 is 1.10 bits per heavy atom. The lowest BCUT2D eigenvalue weighted by Crippen LogP contribution is -2.22. The minimum atomic E-state index is -4.31. The van der Waals surface area contributed by atoms with Crippen molar-refractivity contribution in [1.29, 1.82) is 0 Å². The number of halogens is 3. The number of hydrogen-bond acceptors (Lipinski definition) is 3. The monoisotopic (exact) mass is 298 g/mol. The smallest absolute Gasteiger partial charge is 0.379 e. The Kier molecular flexibility index (Phi) is 3.93. The lowest BCUT2D eigenvalue weighted by Gasteiger charge is -2.17. The Bertz CT molecular complexity index is 594. The maximum Gasteiger partial charge on any atom is 0.416 e. The Morgan fingerprint density at radius 3 is 2.19 bits per heavy atom. The van der Waals surface area contributed by atoms with E-state index in [9.17, 15) is 13.2 Å². The molecule has 1 N–H and O–H groups in total. The number of anilines is 1. The molecule has 114 valence electrons. The van der Waals surface area contributed by atoms with Gasteiger partial charge in [-0.2, -0.15) is 13.2 Å². The van der Waals surface area contributed by atoms with Gasteiger partial charge in [0.25, 0.3) is 0 Å². The van der Waals surface area contributed by atoms with Crippen molar-refractivity contribution >= 4 is 5.69 Å². The van der Waals surface area contributed by atoms with E-state index in [-0.39, 0.29) is 5.54 Å². The molecule has 0 saturated heterocycles. The molecule has 1 aromatic carbocycles. The largest absolute Gasteiger partial charge is 0.416 e. The SMILES string of the molecule is CC(C)(C)n1cc(CNc2ccc(C(F)(F)F)cc2)nn1. The van der Waals surface area contributed by atoms with E-state index in [4.69, 9.17) is 0 Å². The Labute approximate surface area is 121 Å². The fourth-order valence-corrected chi connectivity index (χ4v) is 1.68. The number of nitrogens with zero attached hydrogens (tertiary/aromatic N) is 3. The molecule has 0 bridgehead atoms. The van der Waals surface area contributed by atoms with Crippen LogP contribution in [0.2, 0.25) is 0 Å². The molecule has 0 aliphatic heterocycles. The van der Waals surface area contributed by atoms with Gasteiger partial charge in [-0.3, -0.25) is 0 Å². The Morgan fingerprint density at radius 2 is 1.71 bits per heavy atom. The van der Waals surface area contributed by atoms with Crippen molar-refractivity contribution in [2.45, 2.75) is 39.0 Å². The first-order valence-electron chi connectivity index (χ1n) is 6.49. The summed E-state index contributed by atoms with van der Waals surface area (Å²) in [6, 6.07) is 4.90. The normalized spacial score (nSPS) is 12.5. The molecule has 2 aromatic rings. The van der Waals surface area contributed by atoms with Crippen LogP contribution in [-0.2, 0) is 18.3 Å². The zero-order valence-electron chi connectivity index (χ0n) is 12.1. The van der Waals surface area contributed by atoms with Crippen LogP contribution >= 0.6 is 0 Å². The van der Waals surface area contributed by atoms with Gasteiger partial charge in [0.2, 0.25) is 0 Å². The molecule has 1 heterocycles. The fraction of sp³-hybridized carbons (Fsp3) is 0.429. The van der Waals surface area contributed by atoms with Crippen molar-refractivity contribution in [2.24, 2.45) is 0 Å². The van der Waals surface area contributed by atoms with E-state index in [0.717, 1.165) is 17.8 Å². The zero-order valence-corrected chi connectivity index (χ0v) is 12.1. The van der Waals surface area contributed by atoms with Crippen molar-refractivity contribution in [3.8, 4) is 0 Å². The van der Waals surface area contributed by atoms with Gasteiger partial charge in [-0.25, -0.2) is 4.68 Å². The van der Waals surface area contributed by atoms with Gasteiger partial charge in [0.15, 0.2) is 0 Å². The second kappa shape index (κ2) is 5.38. The fourth-order valence-electron chi connectivity index (χ4n) is 1.68. The van der Waals surface area contributed by atoms with Gasteiger partial charge >= 0.3 is 6.18 Å². The Balaban J connectivity index is 1.99. The summed E-state index contributed by atoms with van der Waals surface area (Å²) in [7, 11) is 0. The molecule has 0 atom stereocenters. The summed E-state index contributed by atoms with van der Waals surface area (Å²) in [5.41, 5.74) is 0.518. The molecule has 0 amide bonds. The minimum absolute atomic E-state index is 0.153. The number of alkyl halides is 3. The molecule has 0 aliphatic rings. The van der Waals surface area contributed by atoms with E-state index in [1.165, 1.54) is 12.1 Å². The molecule has 7 heteroatoms. The van der Waals surface area contributed by atoms with Crippen LogP contribution in [0.25, 0.3) is 0 Å². The predicted octanol–water partition coefficient (Wildman–Crippen LogP) is 3.66. The van der Waals surface area contributed by atoms with Crippen LogP contribution in [-0.4, -0.2) is 15.0 Å². The van der Waals surface area contributed by atoms with E-state index >= 15 is 0 Å². The van der Waals surface area contributed by atoms with E-state index in [1.54, 1.807) is 4.68 Å². The van der Waals surface area contributed by atoms with Gasteiger partial charge in [-0.05, 0) is 45.0 Å². The first kappa shape index (κ1) is 15.3. The van der Waals surface area contributed by atoms with Gasteiger partial charge in [0, 0.05) is 5.69 Å². The molecule has 0 unspecified atom stereocenters. The van der Waals surface area contributed by atoms with Crippen LogP contribution in [0.4, 0.5) is 18.9 Å². The summed E-state index contributed by atoms with van der Waals surface area (Å²) < 4.78 is 39.1.